The van der Waals surface area contributed by atoms with Crippen molar-refractivity contribution in [3.8, 4) is 11.1 Å². The Bertz CT molecular complexity index is 1360. The lowest BCUT2D eigenvalue weighted by molar-refractivity contribution is -0.139. The Hall–Kier alpha value is -3.65. The predicted octanol–water partition coefficient (Wildman–Crippen LogP) is 6.08. The third kappa shape index (κ3) is 5.28. The Morgan fingerprint density at radius 2 is 1.74 bits per heavy atom. The van der Waals surface area contributed by atoms with Crippen LogP contribution in [0.15, 0.2) is 72.8 Å². The Labute approximate surface area is 198 Å². The standard InChI is InChI=1S/C26H20F3NO3S/c1-33-23(31)15-30-25(32)19-8-3-6-17(13-19)22-10-4-7-18-14-21(34-24(18)22)12-16-5-2-9-20(11-16)26(27,28)29/h2-11,13-14H,12,15H2,1H3,(H,30,32). The molecule has 1 N–H and O–H groups in total. The van der Waals surface area contributed by atoms with Gasteiger partial charge < -0.3 is 10.1 Å². The van der Waals surface area contributed by atoms with Gasteiger partial charge in [0.2, 0.25) is 0 Å². The lowest BCUT2D eigenvalue weighted by atomic mass is 10.0. The van der Waals surface area contributed by atoms with E-state index in [0.29, 0.717) is 17.5 Å². The number of hydrogen-bond acceptors (Lipinski definition) is 4. The molecule has 3 aromatic carbocycles. The zero-order chi connectivity index (χ0) is 24.3. The predicted molar refractivity (Wildman–Crippen MR) is 126 cm³/mol. The van der Waals surface area contributed by atoms with Gasteiger partial charge in [-0.3, -0.25) is 9.59 Å². The number of carbonyl (C=O) groups is 2. The SMILES string of the molecule is COC(=O)CNC(=O)c1cccc(-c2cccc3cc(Cc4cccc(C(F)(F)F)c4)sc23)c1. The van der Waals surface area contributed by atoms with Crippen LogP contribution in [0.3, 0.4) is 0 Å². The van der Waals surface area contributed by atoms with E-state index in [1.165, 1.54) is 30.6 Å². The fourth-order valence-corrected chi connectivity index (χ4v) is 4.87. The summed E-state index contributed by atoms with van der Waals surface area (Å²) in [6.07, 6.45) is -3.99. The molecule has 0 saturated heterocycles. The second-order valence-electron chi connectivity index (χ2n) is 7.65. The fourth-order valence-electron chi connectivity index (χ4n) is 3.64. The third-order valence-corrected chi connectivity index (χ3v) is 6.47. The number of carbonyl (C=O) groups excluding carboxylic acids is 2. The number of esters is 1. The van der Waals surface area contributed by atoms with Gasteiger partial charge in [0.25, 0.3) is 5.91 Å². The summed E-state index contributed by atoms with van der Waals surface area (Å²) in [5, 5.41) is 3.50. The minimum atomic E-state index is -4.38. The molecule has 4 aromatic rings. The third-order valence-electron chi connectivity index (χ3n) is 5.28. The molecule has 0 aliphatic rings. The highest BCUT2D eigenvalue weighted by molar-refractivity contribution is 7.19. The molecule has 0 spiro atoms. The van der Waals surface area contributed by atoms with Gasteiger partial charge >= 0.3 is 12.1 Å². The van der Waals surface area contributed by atoms with Crippen LogP contribution in [0.1, 0.15) is 26.4 Å². The van der Waals surface area contributed by atoms with E-state index in [9.17, 15) is 22.8 Å². The van der Waals surface area contributed by atoms with Crippen molar-refractivity contribution < 1.29 is 27.5 Å². The summed E-state index contributed by atoms with van der Waals surface area (Å²) in [4.78, 5) is 24.7. The highest BCUT2D eigenvalue weighted by Crippen LogP contribution is 2.37. The summed E-state index contributed by atoms with van der Waals surface area (Å²) >= 11 is 1.52. The monoisotopic (exact) mass is 483 g/mol. The molecule has 1 amide bonds. The van der Waals surface area contributed by atoms with Crippen LogP contribution < -0.4 is 5.32 Å². The van der Waals surface area contributed by atoms with Gasteiger partial charge in [0.05, 0.1) is 12.7 Å². The molecule has 4 nitrogen and oxygen atoms in total. The van der Waals surface area contributed by atoms with Crippen LogP contribution in [0.2, 0.25) is 0 Å². The van der Waals surface area contributed by atoms with Crippen LogP contribution in [-0.4, -0.2) is 25.5 Å². The topological polar surface area (TPSA) is 55.4 Å². The number of benzene rings is 3. The largest absolute Gasteiger partial charge is 0.468 e. The molecule has 0 aliphatic heterocycles. The van der Waals surface area contributed by atoms with Crippen molar-refractivity contribution >= 4 is 33.3 Å². The van der Waals surface area contributed by atoms with E-state index >= 15 is 0 Å². The molecule has 4 rings (SSSR count). The maximum Gasteiger partial charge on any atom is 0.416 e. The normalized spacial score (nSPS) is 11.4. The van der Waals surface area contributed by atoms with E-state index in [2.05, 4.69) is 10.1 Å². The van der Waals surface area contributed by atoms with E-state index in [4.69, 9.17) is 0 Å². The summed E-state index contributed by atoms with van der Waals surface area (Å²) in [7, 11) is 1.25. The van der Waals surface area contributed by atoms with Crippen molar-refractivity contribution in [1.82, 2.24) is 5.32 Å². The zero-order valence-corrected chi connectivity index (χ0v) is 18.9. The van der Waals surface area contributed by atoms with Crippen LogP contribution in [0, 0.1) is 0 Å². The molecule has 0 unspecified atom stereocenters. The fraction of sp³-hybridized carbons (Fsp3) is 0.154. The number of ether oxygens (including phenoxy) is 1. The molecule has 0 saturated carbocycles. The Morgan fingerprint density at radius 1 is 0.971 bits per heavy atom. The number of fused-ring (bicyclic) bond motifs is 1. The number of halogens is 3. The quantitative estimate of drug-likeness (QED) is 0.338. The number of rotatable bonds is 6. The number of amides is 1. The van der Waals surface area contributed by atoms with Crippen LogP contribution in [0.5, 0.6) is 0 Å². The molecule has 174 valence electrons. The van der Waals surface area contributed by atoms with Gasteiger partial charge in [-0.05, 0) is 46.3 Å². The molecule has 34 heavy (non-hydrogen) atoms. The molecule has 1 aromatic heterocycles. The first-order valence-corrected chi connectivity index (χ1v) is 11.2. The highest BCUT2D eigenvalue weighted by Gasteiger charge is 2.30. The first-order chi connectivity index (χ1) is 16.2. The van der Waals surface area contributed by atoms with E-state index in [-0.39, 0.29) is 6.54 Å². The molecular weight excluding hydrogens is 463 g/mol. The molecule has 8 heteroatoms. The summed E-state index contributed by atoms with van der Waals surface area (Å²) in [5.74, 6) is -0.933. The molecule has 0 fully saturated rings. The highest BCUT2D eigenvalue weighted by atomic mass is 32.1. The van der Waals surface area contributed by atoms with Crippen molar-refractivity contribution in [2.45, 2.75) is 12.6 Å². The average Bonchev–Trinajstić information content (AvgIpc) is 3.24. The molecule has 1 heterocycles. The Kier molecular flexibility index (Phi) is 6.70. The van der Waals surface area contributed by atoms with Gasteiger partial charge in [-0.15, -0.1) is 11.3 Å². The lowest BCUT2D eigenvalue weighted by Crippen LogP contribution is -2.30. The van der Waals surface area contributed by atoms with E-state index in [1.54, 1.807) is 24.3 Å². The van der Waals surface area contributed by atoms with E-state index in [1.807, 2.05) is 30.3 Å². The van der Waals surface area contributed by atoms with E-state index in [0.717, 1.165) is 32.2 Å². The number of thiophene rings is 1. The van der Waals surface area contributed by atoms with Gasteiger partial charge in [-0.2, -0.15) is 13.2 Å². The summed E-state index contributed by atoms with van der Waals surface area (Å²) in [5.41, 5.74) is 2.07. The molecular formula is C26H20F3NO3S. The molecule has 0 radical (unpaired) electrons. The average molecular weight is 484 g/mol. The van der Waals surface area contributed by atoms with Gasteiger partial charge in [0.1, 0.15) is 6.54 Å². The second kappa shape index (κ2) is 9.69. The minimum absolute atomic E-state index is 0.223. The van der Waals surface area contributed by atoms with Crippen LogP contribution in [-0.2, 0) is 22.1 Å². The smallest absolute Gasteiger partial charge is 0.416 e. The second-order valence-corrected chi connectivity index (χ2v) is 8.79. The lowest BCUT2D eigenvalue weighted by Gasteiger charge is -2.08. The first-order valence-electron chi connectivity index (χ1n) is 10.4. The van der Waals surface area contributed by atoms with Crippen molar-refractivity contribution in [3.05, 3.63) is 94.4 Å². The molecule has 0 atom stereocenters. The van der Waals surface area contributed by atoms with Crippen LogP contribution >= 0.6 is 11.3 Å². The van der Waals surface area contributed by atoms with Gasteiger partial charge in [-0.25, -0.2) is 0 Å². The van der Waals surface area contributed by atoms with Gasteiger partial charge in [0.15, 0.2) is 0 Å². The summed E-state index contributed by atoms with van der Waals surface area (Å²) in [6.45, 7) is -0.223. The number of methoxy groups -OCH3 is 1. The first kappa shape index (κ1) is 23.5. The van der Waals surface area contributed by atoms with Crippen LogP contribution in [0.25, 0.3) is 21.2 Å². The summed E-state index contributed by atoms with van der Waals surface area (Å²) < 4.78 is 44.7. The van der Waals surface area contributed by atoms with Crippen molar-refractivity contribution in [2.75, 3.05) is 13.7 Å². The Morgan fingerprint density at radius 3 is 2.50 bits per heavy atom. The number of alkyl halides is 3. The maximum atomic E-state index is 13.1. The van der Waals surface area contributed by atoms with Gasteiger partial charge in [-0.1, -0.05) is 48.5 Å². The maximum absolute atomic E-state index is 13.1. The van der Waals surface area contributed by atoms with Crippen molar-refractivity contribution in [2.24, 2.45) is 0 Å². The molecule has 0 aliphatic carbocycles. The number of hydrogen-bond donors (Lipinski definition) is 1. The summed E-state index contributed by atoms with van der Waals surface area (Å²) in [6, 6.07) is 20.2. The number of nitrogens with one attached hydrogen (secondary N) is 1. The Balaban J connectivity index is 1.62. The van der Waals surface area contributed by atoms with Crippen molar-refractivity contribution in [3.63, 3.8) is 0 Å². The van der Waals surface area contributed by atoms with Crippen LogP contribution in [0.4, 0.5) is 13.2 Å². The molecule has 0 bridgehead atoms. The van der Waals surface area contributed by atoms with Crippen molar-refractivity contribution in [1.29, 1.82) is 0 Å². The van der Waals surface area contributed by atoms with Gasteiger partial charge in [0, 0.05) is 21.6 Å². The minimum Gasteiger partial charge on any atom is -0.468 e. The zero-order valence-electron chi connectivity index (χ0n) is 18.1. The van der Waals surface area contributed by atoms with E-state index < -0.39 is 23.6 Å².